The molecule has 2 N–H and O–H groups in total. The van der Waals surface area contributed by atoms with E-state index >= 15 is 0 Å². The van der Waals surface area contributed by atoms with Gasteiger partial charge in [0.25, 0.3) is 5.91 Å². The van der Waals surface area contributed by atoms with Gasteiger partial charge in [0.1, 0.15) is 0 Å². The number of methoxy groups -OCH3 is 2. The molecule has 1 aromatic rings. The number of carbonyl (C=O) groups is 2. The Balaban J connectivity index is 1.49. The number of rotatable bonds is 6. The quantitative estimate of drug-likeness (QED) is 0.724. The molecule has 0 radical (unpaired) electrons. The van der Waals surface area contributed by atoms with Crippen LogP contribution in [0.5, 0.6) is 11.5 Å². The number of benzene rings is 1. The first-order valence-electron chi connectivity index (χ1n) is 9.35. The van der Waals surface area contributed by atoms with Crippen LogP contribution >= 0.6 is 0 Å². The highest BCUT2D eigenvalue weighted by Gasteiger charge is 2.30. The Morgan fingerprint density at radius 3 is 2.59 bits per heavy atom. The topological polar surface area (TPSA) is 83.1 Å². The Bertz CT molecular complexity index is 676. The second kappa shape index (κ2) is 9.05. The fourth-order valence-electron chi connectivity index (χ4n) is 3.66. The summed E-state index contributed by atoms with van der Waals surface area (Å²) < 4.78 is 10.4. The van der Waals surface area contributed by atoms with Crippen molar-refractivity contribution in [2.75, 3.05) is 60.0 Å². The molecule has 0 saturated carbocycles. The van der Waals surface area contributed by atoms with Crippen LogP contribution in [0, 0.1) is 0 Å². The third-order valence-electron chi connectivity index (χ3n) is 5.23. The highest BCUT2D eigenvalue weighted by molar-refractivity contribution is 5.97. The summed E-state index contributed by atoms with van der Waals surface area (Å²) in [5.74, 6) is 0.694. The van der Waals surface area contributed by atoms with Crippen LogP contribution in [0.2, 0.25) is 0 Å². The molecule has 8 heteroatoms. The summed E-state index contributed by atoms with van der Waals surface area (Å²) in [5.41, 5.74) is 0.431. The molecule has 2 aliphatic heterocycles. The summed E-state index contributed by atoms with van der Waals surface area (Å²) in [4.78, 5) is 29.1. The summed E-state index contributed by atoms with van der Waals surface area (Å²) in [7, 11) is 3.06. The van der Waals surface area contributed by atoms with Gasteiger partial charge < -0.3 is 25.0 Å². The smallest absolute Gasteiger partial charge is 0.251 e. The first-order valence-corrected chi connectivity index (χ1v) is 9.35. The van der Waals surface area contributed by atoms with E-state index in [2.05, 4.69) is 15.5 Å². The molecule has 3 rings (SSSR count). The van der Waals surface area contributed by atoms with Crippen LogP contribution in [0.15, 0.2) is 18.2 Å². The van der Waals surface area contributed by atoms with Crippen molar-refractivity contribution in [1.29, 1.82) is 0 Å². The Morgan fingerprint density at radius 2 is 1.89 bits per heavy atom. The van der Waals surface area contributed by atoms with Crippen molar-refractivity contribution in [3.8, 4) is 11.5 Å². The van der Waals surface area contributed by atoms with Crippen molar-refractivity contribution in [3.63, 3.8) is 0 Å². The van der Waals surface area contributed by atoms with E-state index in [4.69, 9.17) is 9.47 Å². The van der Waals surface area contributed by atoms with E-state index in [1.807, 2.05) is 4.90 Å². The van der Waals surface area contributed by atoms with Crippen molar-refractivity contribution < 1.29 is 19.1 Å². The summed E-state index contributed by atoms with van der Waals surface area (Å²) >= 11 is 0. The number of ether oxygens (including phenoxy) is 2. The maximum Gasteiger partial charge on any atom is 0.251 e. The lowest BCUT2D eigenvalue weighted by Gasteiger charge is -2.32. The average Bonchev–Trinajstić information content (AvgIpc) is 3.22. The van der Waals surface area contributed by atoms with Gasteiger partial charge in [0.05, 0.1) is 20.8 Å². The molecule has 148 valence electrons. The third-order valence-corrected chi connectivity index (χ3v) is 5.23. The molecule has 2 amide bonds. The van der Waals surface area contributed by atoms with Crippen molar-refractivity contribution in [2.24, 2.45) is 0 Å². The van der Waals surface area contributed by atoms with Gasteiger partial charge in [-0.2, -0.15) is 0 Å². The molecular formula is C19H28N4O4. The third kappa shape index (κ3) is 4.70. The Hall–Kier alpha value is -2.32. The molecule has 1 unspecified atom stereocenters. The molecule has 1 atom stereocenters. The van der Waals surface area contributed by atoms with Gasteiger partial charge in [0, 0.05) is 50.9 Å². The number of likely N-dealkylation sites (tertiary alicyclic amines) is 1. The van der Waals surface area contributed by atoms with E-state index < -0.39 is 0 Å². The lowest BCUT2D eigenvalue weighted by molar-refractivity contribution is -0.129. The second-order valence-electron chi connectivity index (χ2n) is 6.82. The largest absolute Gasteiger partial charge is 0.493 e. The van der Waals surface area contributed by atoms with Gasteiger partial charge in [-0.1, -0.05) is 0 Å². The molecule has 0 bridgehead atoms. The van der Waals surface area contributed by atoms with Gasteiger partial charge in [-0.15, -0.1) is 0 Å². The molecule has 8 nitrogen and oxygen atoms in total. The normalized spacial score (nSPS) is 20.4. The molecule has 2 aliphatic rings. The van der Waals surface area contributed by atoms with Crippen LogP contribution < -0.4 is 20.1 Å². The zero-order valence-electron chi connectivity index (χ0n) is 16.0. The van der Waals surface area contributed by atoms with Crippen LogP contribution in [-0.4, -0.2) is 87.7 Å². The van der Waals surface area contributed by atoms with Gasteiger partial charge in [0.2, 0.25) is 5.91 Å². The van der Waals surface area contributed by atoms with Crippen LogP contribution in [0.4, 0.5) is 0 Å². The van der Waals surface area contributed by atoms with Gasteiger partial charge >= 0.3 is 0 Å². The molecular weight excluding hydrogens is 348 g/mol. The Kier molecular flexibility index (Phi) is 6.52. The minimum Gasteiger partial charge on any atom is -0.493 e. The molecule has 27 heavy (non-hydrogen) atoms. The predicted molar refractivity (Wildman–Crippen MR) is 101 cm³/mol. The summed E-state index contributed by atoms with van der Waals surface area (Å²) in [6.07, 6.45) is 0.995. The standard InChI is InChI=1S/C19H28N4O4/c1-26-16-4-3-14(11-17(16)27-2)19(25)21-12-18(24)23-8-5-15(13-23)22-9-6-20-7-10-22/h3-4,11,15,20H,5-10,12-13H2,1-2H3,(H,21,25). The van der Waals surface area contributed by atoms with Gasteiger partial charge in [-0.25, -0.2) is 0 Å². The number of amides is 2. The highest BCUT2D eigenvalue weighted by Crippen LogP contribution is 2.27. The van der Waals surface area contributed by atoms with E-state index in [0.717, 1.165) is 45.7 Å². The number of nitrogens with one attached hydrogen (secondary N) is 2. The minimum absolute atomic E-state index is 0.00144. The first-order chi connectivity index (χ1) is 13.1. The van der Waals surface area contributed by atoms with Crippen LogP contribution in [0.1, 0.15) is 16.8 Å². The number of hydrogen-bond donors (Lipinski definition) is 2. The SMILES string of the molecule is COc1ccc(C(=O)NCC(=O)N2CCC(N3CCNCC3)C2)cc1OC. The van der Waals surface area contributed by atoms with E-state index in [0.29, 0.717) is 23.1 Å². The predicted octanol–water partition coefficient (Wildman–Crippen LogP) is -0.0603. The Labute approximate surface area is 159 Å². The number of carbonyl (C=O) groups excluding carboxylic acids is 2. The van der Waals surface area contributed by atoms with E-state index in [1.165, 1.54) is 7.11 Å². The first kappa shape index (κ1) is 19.4. The highest BCUT2D eigenvalue weighted by atomic mass is 16.5. The van der Waals surface area contributed by atoms with E-state index in [-0.39, 0.29) is 18.4 Å². The van der Waals surface area contributed by atoms with Crippen molar-refractivity contribution >= 4 is 11.8 Å². The summed E-state index contributed by atoms with van der Waals surface area (Å²) in [5, 5.41) is 6.06. The van der Waals surface area contributed by atoms with E-state index in [9.17, 15) is 9.59 Å². The second-order valence-corrected chi connectivity index (χ2v) is 6.82. The lowest BCUT2D eigenvalue weighted by atomic mass is 10.2. The summed E-state index contributed by atoms with van der Waals surface area (Å²) in [6.45, 7) is 5.56. The number of hydrogen-bond acceptors (Lipinski definition) is 6. The zero-order valence-corrected chi connectivity index (χ0v) is 16.0. The lowest BCUT2D eigenvalue weighted by Crippen LogP contribution is -2.49. The molecule has 0 aromatic heterocycles. The molecule has 0 aliphatic carbocycles. The van der Waals surface area contributed by atoms with E-state index in [1.54, 1.807) is 25.3 Å². The average molecular weight is 376 g/mol. The Morgan fingerprint density at radius 1 is 1.15 bits per heavy atom. The molecule has 1 aromatic carbocycles. The maximum absolute atomic E-state index is 12.5. The van der Waals surface area contributed by atoms with Crippen LogP contribution in [-0.2, 0) is 4.79 Å². The molecule has 2 saturated heterocycles. The van der Waals surface area contributed by atoms with Crippen molar-refractivity contribution in [2.45, 2.75) is 12.5 Å². The minimum atomic E-state index is -0.304. The van der Waals surface area contributed by atoms with Crippen LogP contribution in [0.25, 0.3) is 0 Å². The number of piperazine rings is 1. The van der Waals surface area contributed by atoms with Crippen LogP contribution in [0.3, 0.4) is 0 Å². The molecule has 0 spiro atoms. The van der Waals surface area contributed by atoms with Gasteiger partial charge in [-0.3, -0.25) is 14.5 Å². The molecule has 2 heterocycles. The zero-order chi connectivity index (χ0) is 19.2. The van der Waals surface area contributed by atoms with Gasteiger partial charge in [-0.05, 0) is 24.6 Å². The van der Waals surface area contributed by atoms with Crippen molar-refractivity contribution in [1.82, 2.24) is 20.4 Å². The number of nitrogens with zero attached hydrogens (tertiary/aromatic N) is 2. The summed E-state index contributed by atoms with van der Waals surface area (Å²) in [6, 6.07) is 5.36. The maximum atomic E-state index is 12.5. The van der Waals surface area contributed by atoms with Gasteiger partial charge in [0.15, 0.2) is 11.5 Å². The van der Waals surface area contributed by atoms with Crippen molar-refractivity contribution in [3.05, 3.63) is 23.8 Å². The monoisotopic (exact) mass is 376 g/mol. The fraction of sp³-hybridized carbons (Fsp3) is 0.579. The molecule has 2 fully saturated rings. The fourth-order valence-corrected chi connectivity index (χ4v) is 3.66.